The lowest BCUT2D eigenvalue weighted by atomic mass is 9.96. The summed E-state index contributed by atoms with van der Waals surface area (Å²) in [5, 5.41) is 10.2. The van der Waals surface area contributed by atoms with E-state index >= 15 is 0 Å². The van der Waals surface area contributed by atoms with Gasteiger partial charge in [-0.25, -0.2) is 8.78 Å². The van der Waals surface area contributed by atoms with E-state index in [1.807, 2.05) is 30.3 Å². The second kappa shape index (κ2) is 6.59. The molecule has 0 aromatic heterocycles. The molecular formula is C16H17F2NO. The van der Waals surface area contributed by atoms with Gasteiger partial charge in [0.15, 0.2) is 0 Å². The summed E-state index contributed by atoms with van der Waals surface area (Å²) in [5.74, 6) is 0. The van der Waals surface area contributed by atoms with Gasteiger partial charge in [-0.3, -0.25) is 0 Å². The largest absolute Gasteiger partial charge is 0.387 e. The van der Waals surface area contributed by atoms with Crippen LogP contribution >= 0.6 is 0 Å². The molecule has 0 saturated heterocycles. The predicted molar refractivity (Wildman–Crippen MR) is 74.5 cm³/mol. The first-order valence-corrected chi connectivity index (χ1v) is 6.43. The van der Waals surface area contributed by atoms with Gasteiger partial charge in [0, 0.05) is 11.6 Å². The van der Waals surface area contributed by atoms with Crippen molar-refractivity contribution in [3.8, 4) is 0 Å². The summed E-state index contributed by atoms with van der Waals surface area (Å²) < 4.78 is 25.3. The molecule has 2 atom stereocenters. The maximum absolute atomic E-state index is 12.6. The summed E-state index contributed by atoms with van der Waals surface area (Å²) in [7, 11) is 0. The third-order valence-corrected chi connectivity index (χ3v) is 3.22. The summed E-state index contributed by atoms with van der Waals surface area (Å²) in [6, 6.07) is 14.8. The van der Waals surface area contributed by atoms with Gasteiger partial charge in [0.2, 0.25) is 0 Å². The summed E-state index contributed by atoms with van der Waals surface area (Å²) >= 11 is 0. The summed E-state index contributed by atoms with van der Waals surface area (Å²) in [5.41, 5.74) is 7.29. The van der Waals surface area contributed by atoms with Gasteiger partial charge in [-0.1, -0.05) is 48.5 Å². The SMILES string of the molecule is NC(Cc1ccccc1)C(O)c1cccc(C(F)F)c1. The second-order valence-corrected chi connectivity index (χ2v) is 4.77. The zero-order valence-electron chi connectivity index (χ0n) is 10.9. The van der Waals surface area contributed by atoms with E-state index in [1.165, 1.54) is 18.2 Å². The van der Waals surface area contributed by atoms with Crippen molar-refractivity contribution in [2.24, 2.45) is 5.73 Å². The van der Waals surface area contributed by atoms with Crippen molar-refractivity contribution in [3.63, 3.8) is 0 Å². The Morgan fingerprint density at radius 3 is 2.25 bits per heavy atom. The lowest BCUT2D eigenvalue weighted by molar-refractivity contribution is 0.141. The highest BCUT2D eigenvalue weighted by Gasteiger charge is 2.18. The van der Waals surface area contributed by atoms with Crippen LogP contribution in [0.2, 0.25) is 0 Å². The standard InChI is InChI=1S/C16H17F2NO/c17-16(18)13-8-4-7-12(10-13)15(20)14(19)9-11-5-2-1-3-6-11/h1-8,10,14-16,20H,9,19H2. The maximum atomic E-state index is 12.6. The second-order valence-electron chi connectivity index (χ2n) is 4.77. The van der Waals surface area contributed by atoms with Crippen molar-refractivity contribution < 1.29 is 13.9 Å². The molecule has 0 aliphatic rings. The minimum Gasteiger partial charge on any atom is -0.387 e. The number of alkyl halides is 2. The Hall–Kier alpha value is -1.78. The molecule has 0 amide bonds. The van der Waals surface area contributed by atoms with Gasteiger partial charge in [0.25, 0.3) is 6.43 Å². The molecule has 0 aliphatic carbocycles. The minimum absolute atomic E-state index is 0.103. The molecule has 0 radical (unpaired) electrons. The highest BCUT2D eigenvalue weighted by Crippen LogP contribution is 2.24. The van der Waals surface area contributed by atoms with Crippen molar-refractivity contribution >= 4 is 0 Å². The van der Waals surface area contributed by atoms with Gasteiger partial charge in [-0.15, -0.1) is 0 Å². The quantitative estimate of drug-likeness (QED) is 0.881. The van der Waals surface area contributed by atoms with E-state index in [1.54, 1.807) is 6.07 Å². The zero-order chi connectivity index (χ0) is 14.5. The third-order valence-electron chi connectivity index (χ3n) is 3.22. The number of aliphatic hydroxyl groups excluding tert-OH is 1. The molecule has 106 valence electrons. The Bertz CT molecular complexity index is 545. The predicted octanol–water partition coefficient (Wildman–Crippen LogP) is 3.23. The summed E-state index contributed by atoms with van der Waals surface area (Å²) in [4.78, 5) is 0. The first-order valence-electron chi connectivity index (χ1n) is 6.43. The Labute approximate surface area is 116 Å². The van der Waals surface area contributed by atoms with Crippen LogP contribution in [0.15, 0.2) is 54.6 Å². The van der Waals surface area contributed by atoms with Gasteiger partial charge in [0.1, 0.15) is 0 Å². The number of hydrogen-bond acceptors (Lipinski definition) is 2. The Balaban J connectivity index is 2.10. The van der Waals surface area contributed by atoms with E-state index in [4.69, 9.17) is 5.73 Å². The maximum Gasteiger partial charge on any atom is 0.263 e. The molecule has 2 unspecified atom stereocenters. The zero-order valence-corrected chi connectivity index (χ0v) is 10.9. The van der Waals surface area contributed by atoms with E-state index in [9.17, 15) is 13.9 Å². The van der Waals surface area contributed by atoms with Gasteiger partial charge >= 0.3 is 0 Å². The highest BCUT2D eigenvalue weighted by atomic mass is 19.3. The van der Waals surface area contributed by atoms with Gasteiger partial charge < -0.3 is 10.8 Å². The molecule has 3 N–H and O–H groups in total. The van der Waals surface area contributed by atoms with Crippen LogP contribution in [-0.4, -0.2) is 11.1 Å². The van der Waals surface area contributed by atoms with E-state index in [0.717, 1.165) is 5.56 Å². The average molecular weight is 277 g/mol. The Morgan fingerprint density at radius 1 is 0.950 bits per heavy atom. The summed E-state index contributed by atoms with van der Waals surface area (Å²) in [6.45, 7) is 0. The highest BCUT2D eigenvalue weighted by molar-refractivity contribution is 5.27. The molecule has 2 aromatic carbocycles. The normalized spacial score (nSPS) is 14.2. The van der Waals surface area contributed by atoms with Crippen LogP contribution < -0.4 is 5.73 Å². The van der Waals surface area contributed by atoms with Crippen molar-refractivity contribution in [2.75, 3.05) is 0 Å². The van der Waals surface area contributed by atoms with Crippen LogP contribution in [0, 0.1) is 0 Å². The fraction of sp³-hybridized carbons (Fsp3) is 0.250. The first kappa shape index (κ1) is 14.6. The van der Waals surface area contributed by atoms with E-state index < -0.39 is 18.6 Å². The molecular weight excluding hydrogens is 260 g/mol. The van der Waals surface area contributed by atoms with Gasteiger partial charge in [-0.05, 0) is 23.6 Å². The third kappa shape index (κ3) is 3.62. The Kier molecular flexibility index (Phi) is 4.82. The van der Waals surface area contributed by atoms with Crippen LogP contribution in [0.3, 0.4) is 0 Å². The molecule has 20 heavy (non-hydrogen) atoms. The molecule has 0 heterocycles. The molecule has 0 aliphatic heterocycles. The summed E-state index contributed by atoms with van der Waals surface area (Å²) in [6.07, 6.45) is -3.03. The first-order chi connectivity index (χ1) is 9.58. The van der Waals surface area contributed by atoms with E-state index in [2.05, 4.69) is 0 Å². The fourth-order valence-electron chi connectivity index (χ4n) is 2.12. The molecule has 0 saturated carbocycles. The molecule has 0 spiro atoms. The number of aliphatic hydroxyl groups is 1. The number of benzene rings is 2. The van der Waals surface area contributed by atoms with Gasteiger partial charge in [-0.2, -0.15) is 0 Å². The fourth-order valence-corrected chi connectivity index (χ4v) is 2.12. The van der Waals surface area contributed by atoms with E-state index in [-0.39, 0.29) is 5.56 Å². The van der Waals surface area contributed by atoms with E-state index in [0.29, 0.717) is 12.0 Å². The van der Waals surface area contributed by atoms with Crippen LogP contribution in [0.25, 0.3) is 0 Å². The smallest absolute Gasteiger partial charge is 0.263 e. The van der Waals surface area contributed by atoms with Crippen molar-refractivity contribution in [1.29, 1.82) is 0 Å². The lowest BCUT2D eigenvalue weighted by Gasteiger charge is -2.20. The number of halogens is 2. The monoisotopic (exact) mass is 277 g/mol. The Morgan fingerprint density at radius 2 is 1.60 bits per heavy atom. The van der Waals surface area contributed by atoms with Crippen LogP contribution in [0.1, 0.15) is 29.2 Å². The van der Waals surface area contributed by atoms with Crippen LogP contribution in [0.4, 0.5) is 8.78 Å². The lowest BCUT2D eigenvalue weighted by Crippen LogP contribution is -2.30. The van der Waals surface area contributed by atoms with Gasteiger partial charge in [0.05, 0.1) is 6.10 Å². The van der Waals surface area contributed by atoms with Crippen molar-refractivity contribution in [2.45, 2.75) is 25.0 Å². The molecule has 2 aromatic rings. The van der Waals surface area contributed by atoms with Crippen LogP contribution in [0.5, 0.6) is 0 Å². The molecule has 4 heteroatoms. The number of rotatable bonds is 5. The number of nitrogens with two attached hydrogens (primary N) is 1. The minimum atomic E-state index is -2.55. The molecule has 2 rings (SSSR count). The topological polar surface area (TPSA) is 46.2 Å². The van der Waals surface area contributed by atoms with Crippen LogP contribution in [-0.2, 0) is 6.42 Å². The molecule has 0 bridgehead atoms. The molecule has 2 nitrogen and oxygen atoms in total. The van der Waals surface area contributed by atoms with Crippen molar-refractivity contribution in [3.05, 3.63) is 71.3 Å². The van der Waals surface area contributed by atoms with Crippen molar-refractivity contribution in [1.82, 2.24) is 0 Å². The average Bonchev–Trinajstić information content (AvgIpc) is 2.47. The number of hydrogen-bond donors (Lipinski definition) is 2. The molecule has 0 fully saturated rings.